The fraction of sp³-hybridized carbons (Fsp3) is 0.182. The zero-order chi connectivity index (χ0) is 22.0. The molecule has 0 aliphatic carbocycles. The van der Waals surface area contributed by atoms with Crippen molar-refractivity contribution in [3.63, 3.8) is 0 Å². The summed E-state index contributed by atoms with van der Waals surface area (Å²) in [6, 6.07) is 12.9. The van der Waals surface area contributed by atoms with E-state index < -0.39 is 28.4 Å². The third-order valence-electron chi connectivity index (χ3n) is 5.03. The Morgan fingerprint density at radius 2 is 2.00 bits per heavy atom. The maximum atomic E-state index is 12.5. The van der Waals surface area contributed by atoms with Crippen molar-refractivity contribution in [2.75, 3.05) is 6.61 Å². The molecule has 3 aromatic rings. The number of ether oxygens (including phenoxy) is 1. The Morgan fingerprint density at radius 3 is 2.65 bits per heavy atom. The van der Waals surface area contributed by atoms with Crippen molar-refractivity contribution in [1.29, 1.82) is 0 Å². The number of hydrogen-bond donors (Lipinski definition) is 2. The SMILES string of the molecule is CCOc1cc([C@H]2NC(=O)N=C(c3ccccc3)C2c2ccsc2)cc([N+](=O)[O-])c1O. The van der Waals surface area contributed by atoms with Gasteiger partial charge in [0.25, 0.3) is 0 Å². The minimum atomic E-state index is -0.669. The summed E-state index contributed by atoms with van der Waals surface area (Å²) < 4.78 is 5.43. The van der Waals surface area contributed by atoms with Crippen LogP contribution in [-0.4, -0.2) is 28.4 Å². The largest absolute Gasteiger partial charge is 0.500 e. The fourth-order valence-corrected chi connectivity index (χ4v) is 4.41. The molecule has 0 radical (unpaired) electrons. The lowest BCUT2D eigenvalue weighted by Gasteiger charge is -2.32. The maximum Gasteiger partial charge on any atom is 0.341 e. The van der Waals surface area contributed by atoms with Crippen molar-refractivity contribution in [1.82, 2.24) is 5.32 Å². The van der Waals surface area contributed by atoms with E-state index in [1.54, 1.807) is 6.92 Å². The average molecular weight is 437 g/mol. The van der Waals surface area contributed by atoms with Crippen LogP contribution in [0.5, 0.6) is 11.5 Å². The second-order valence-electron chi connectivity index (χ2n) is 6.90. The summed E-state index contributed by atoms with van der Waals surface area (Å²) in [5.41, 5.74) is 2.24. The number of carbonyl (C=O) groups excluding carboxylic acids is 1. The molecule has 2 atom stereocenters. The molecule has 8 nitrogen and oxygen atoms in total. The van der Waals surface area contributed by atoms with Crippen molar-refractivity contribution in [2.24, 2.45) is 4.99 Å². The molecule has 0 saturated carbocycles. The number of rotatable bonds is 6. The van der Waals surface area contributed by atoms with E-state index in [1.807, 2.05) is 47.2 Å². The van der Waals surface area contributed by atoms with Gasteiger partial charge < -0.3 is 15.2 Å². The summed E-state index contributed by atoms with van der Waals surface area (Å²) in [5.74, 6) is -0.930. The van der Waals surface area contributed by atoms with E-state index in [-0.39, 0.29) is 18.3 Å². The summed E-state index contributed by atoms with van der Waals surface area (Å²) in [4.78, 5) is 27.7. The molecule has 0 bridgehead atoms. The van der Waals surface area contributed by atoms with Gasteiger partial charge in [-0.15, -0.1) is 0 Å². The zero-order valence-electron chi connectivity index (χ0n) is 16.5. The molecule has 158 valence electrons. The van der Waals surface area contributed by atoms with Crippen molar-refractivity contribution >= 4 is 28.8 Å². The number of phenolic OH excluding ortho intramolecular Hbond substituents is 1. The highest BCUT2D eigenvalue weighted by Gasteiger charge is 2.37. The summed E-state index contributed by atoms with van der Waals surface area (Å²) in [5, 5.41) is 28.6. The number of thiophene rings is 1. The van der Waals surface area contributed by atoms with Gasteiger partial charge in [-0.3, -0.25) is 10.1 Å². The molecule has 31 heavy (non-hydrogen) atoms. The Hall–Kier alpha value is -3.72. The van der Waals surface area contributed by atoms with Gasteiger partial charge in [0.15, 0.2) is 5.75 Å². The molecule has 1 aromatic heterocycles. The van der Waals surface area contributed by atoms with Crippen LogP contribution < -0.4 is 10.1 Å². The minimum Gasteiger partial charge on any atom is -0.500 e. The molecule has 0 spiro atoms. The summed E-state index contributed by atoms with van der Waals surface area (Å²) in [6.45, 7) is 1.94. The smallest absolute Gasteiger partial charge is 0.341 e. The van der Waals surface area contributed by atoms with Gasteiger partial charge in [0.2, 0.25) is 5.75 Å². The van der Waals surface area contributed by atoms with Crippen LogP contribution in [0.2, 0.25) is 0 Å². The van der Waals surface area contributed by atoms with Gasteiger partial charge in [0.05, 0.1) is 29.2 Å². The predicted octanol–water partition coefficient (Wildman–Crippen LogP) is 4.80. The van der Waals surface area contributed by atoms with E-state index in [1.165, 1.54) is 23.5 Å². The number of amides is 2. The summed E-state index contributed by atoms with van der Waals surface area (Å²) in [7, 11) is 0. The van der Waals surface area contributed by atoms with Gasteiger partial charge in [-0.2, -0.15) is 16.3 Å². The molecule has 0 fully saturated rings. The quantitative estimate of drug-likeness (QED) is 0.425. The van der Waals surface area contributed by atoms with Crippen molar-refractivity contribution in [2.45, 2.75) is 18.9 Å². The van der Waals surface area contributed by atoms with E-state index in [2.05, 4.69) is 10.3 Å². The Morgan fingerprint density at radius 1 is 1.23 bits per heavy atom. The number of phenols is 1. The van der Waals surface area contributed by atoms with Crippen molar-refractivity contribution in [3.8, 4) is 11.5 Å². The molecule has 0 saturated heterocycles. The second kappa shape index (κ2) is 8.57. The highest BCUT2D eigenvalue weighted by atomic mass is 32.1. The van der Waals surface area contributed by atoms with Crippen molar-refractivity contribution in [3.05, 3.63) is 86.1 Å². The number of nitrogens with zero attached hydrogens (tertiary/aromatic N) is 2. The molecule has 9 heteroatoms. The molecule has 1 unspecified atom stereocenters. The first kappa shape index (κ1) is 20.5. The number of aliphatic imine (C=N–C) groups is 1. The van der Waals surface area contributed by atoms with Crippen LogP contribution in [0.1, 0.15) is 35.6 Å². The van der Waals surface area contributed by atoms with E-state index in [4.69, 9.17) is 4.74 Å². The molecule has 2 N–H and O–H groups in total. The zero-order valence-corrected chi connectivity index (χ0v) is 17.3. The van der Waals surface area contributed by atoms with Crippen LogP contribution in [0.3, 0.4) is 0 Å². The fourth-order valence-electron chi connectivity index (χ4n) is 3.71. The number of urea groups is 1. The topological polar surface area (TPSA) is 114 Å². The van der Waals surface area contributed by atoms with Crippen LogP contribution in [0.4, 0.5) is 10.5 Å². The molecule has 2 aromatic carbocycles. The highest BCUT2D eigenvalue weighted by molar-refractivity contribution is 7.08. The monoisotopic (exact) mass is 437 g/mol. The molecular formula is C22H19N3O5S. The van der Waals surface area contributed by atoms with Gasteiger partial charge in [-0.05, 0) is 46.5 Å². The molecule has 1 aliphatic rings. The van der Waals surface area contributed by atoms with Gasteiger partial charge in [0, 0.05) is 6.07 Å². The van der Waals surface area contributed by atoms with Crippen LogP contribution >= 0.6 is 11.3 Å². The summed E-state index contributed by atoms with van der Waals surface area (Å²) >= 11 is 1.51. The normalized spacial score (nSPS) is 18.2. The van der Waals surface area contributed by atoms with Crippen molar-refractivity contribution < 1.29 is 19.6 Å². The number of nitro groups is 1. The number of benzene rings is 2. The van der Waals surface area contributed by atoms with Gasteiger partial charge in [-0.1, -0.05) is 30.3 Å². The van der Waals surface area contributed by atoms with Crippen LogP contribution in [0.25, 0.3) is 0 Å². The van der Waals surface area contributed by atoms with Gasteiger partial charge in [0.1, 0.15) is 0 Å². The Kier molecular flexibility index (Phi) is 5.68. The minimum absolute atomic E-state index is 0.00575. The van der Waals surface area contributed by atoms with E-state index in [0.717, 1.165) is 11.1 Å². The first-order valence-electron chi connectivity index (χ1n) is 9.60. The number of hydrogen-bond acceptors (Lipinski definition) is 6. The number of nitro benzene ring substituents is 1. The molecule has 4 rings (SSSR count). The number of aromatic hydroxyl groups is 1. The molecule has 2 amide bonds. The third-order valence-corrected chi connectivity index (χ3v) is 5.74. The van der Waals surface area contributed by atoms with Gasteiger partial charge >= 0.3 is 11.7 Å². The Labute approximate surface area is 182 Å². The molecule has 1 aliphatic heterocycles. The average Bonchev–Trinajstić information content (AvgIpc) is 3.29. The first-order chi connectivity index (χ1) is 15.0. The Bertz CT molecular complexity index is 1150. The summed E-state index contributed by atoms with van der Waals surface area (Å²) in [6.07, 6.45) is 0. The van der Waals surface area contributed by atoms with Crippen LogP contribution in [0, 0.1) is 10.1 Å². The van der Waals surface area contributed by atoms with E-state index in [0.29, 0.717) is 11.3 Å². The standard InChI is InChI=1S/C22H19N3O5S/c1-2-30-17-11-15(10-16(21(17)26)25(28)29)20-18(14-8-9-31-12-14)19(23-22(27)24-20)13-6-4-3-5-7-13/h3-12,18,20,26H,2H2,1H3,(H,24,27)/t18?,20-/m1/s1. The first-order valence-corrected chi connectivity index (χ1v) is 10.5. The lowest BCUT2D eigenvalue weighted by atomic mass is 9.81. The van der Waals surface area contributed by atoms with Crippen LogP contribution in [0.15, 0.2) is 64.3 Å². The second-order valence-corrected chi connectivity index (χ2v) is 7.68. The van der Waals surface area contributed by atoms with E-state index >= 15 is 0 Å². The maximum absolute atomic E-state index is 12.5. The lowest BCUT2D eigenvalue weighted by Crippen LogP contribution is -2.39. The molecular weight excluding hydrogens is 418 g/mol. The number of carbonyl (C=O) groups is 1. The third kappa shape index (κ3) is 3.99. The van der Waals surface area contributed by atoms with E-state index in [9.17, 15) is 20.0 Å². The lowest BCUT2D eigenvalue weighted by molar-refractivity contribution is -0.386. The number of nitrogens with one attached hydrogen (secondary N) is 1. The predicted molar refractivity (Wildman–Crippen MR) is 117 cm³/mol. The highest BCUT2D eigenvalue weighted by Crippen LogP contribution is 2.44. The van der Waals surface area contributed by atoms with Gasteiger partial charge in [-0.25, -0.2) is 4.79 Å². The van der Waals surface area contributed by atoms with Crippen LogP contribution in [-0.2, 0) is 0 Å². The molecule has 2 heterocycles. The Balaban J connectivity index is 1.90.